The van der Waals surface area contributed by atoms with Gasteiger partial charge in [-0.05, 0) is 38.8 Å². The molecule has 0 bridgehead atoms. The van der Waals surface area contributed by atoms with Gasteiger partial charge < -0.3 is 15.0 Å². The third kappa shape index (κ3) is 6.31. The topological polar surface area (TPSA) is 122 Å². The summed E-state index contributed by atoms with van der Waals surface area (Å²) in [4.78, 5) is 37.3. The molecule has 1 fully saturated rings. The Labute approximate surface area is 164 Å². The second kappa shape index (κ2) is 9.65. The van der Waals surface area contributed by atoms with Crippen LogP contribution in [0.4, 0.5) is 0 Å². The fourth-order valence-electron chi connectivity index (χ4n) is 2.68. The summed E-state index contributed by atoms with van der Waals surface area (Å²) in [5.74, 6) is -1.72. The molecular formula is C18H25N3O6S. The predicted molar refractivity (Wildman–Crippen MR) is 101 cm³/mol. The van der Waals surface area contributed by atoms with Gasteiger partial charge in [-0.3, -0.25) is 14.4 Å². The Morgan fingerprint density at radius 3 is 2.32 bits per heavy atom. The van der Waals surface area contributed by atoms with E-state index < -0.39 is 41.1 Å². The standard InChI is InChI=1S/C18H25N3O6S/c1-13-5-7-15(8-6-13)28(25,26)20-11-16(22)19-12-17(23)27-14(2)18(24)21-9-3-4-10-21/h5-8,14,20H,3-4,9-12H2,1-2H3,(H,19,22)/t14-/m0/s1. The summed E-state index contributed by atoms with van der Waals surface area (Å²) in [6.45, 7) is 3.64. The lowest BCUT2D eigenvalue weighted by atomic mass is 10.2. The van der Waals surface area contributed by atoms with E-state index >= 15 is 0 Å². The molecule has 10 heteroatoms. The van der Waals surface area contributed by atoms with E-state index in [1.165, 1.54) is 19.1 Å². The first kappa shape index (κ1) is 21.8. The summed E-state index contributed by atoms with van der Waals surface area (Å²) >= 11 is 0. The van der Waals surface area contributed by atoms with E-state index in [1.807, 2.05) is 6.92 Å². The molecule has 2 amide bonds. The van der Waals surface area contributed by atoms with Gasteiger partial charge in [-0.15, -0.1) is 0 Å². The SMILES string of the molecule is Cc1ccc(S(=O)(=O)NCC(=O)NCC(=O)O[C@@H](C)C(=O)N2CCCC2)cc1. The molecule has 1 aliphatic heterocycles. The van der Waals surface area contributed by atoms with Crippen LogP contribution in [0.3, 0.4) is 0 Å². The lowest BCUT2D eigenvalue weighted by molar-refractivity contribution is -0.158. The lowest BCUT2D eigenvalue weighted by Gasteiger charge is -2.20. The summed E-state index contributed by atoms with van der Waals surface area (Å²) in [5.41, 5.74) is 0.910. The minimum absolute atomic E-state index is 0.0413. The van der Waals surface area contributed by atoms with E-state index in [0.717, 1.165) is 18.4 Å². The number of hydrogen-bond acceptors (Lipinski definition) is 6. The summed E-state index contributed by atoms with van der Waals surface area (Å²) in [7, 11) is -3.83. The van der Waals surface area contributed by atoms with Gasteiger partial charge in [-0.2, -0.15) is 0 Å². The van der Waals surface area contributed by atoms with Crippen molar-refractivity contribution >= 4 is 27.8 Å². The van der Waals surface area contributed by atoms with Crippen LogP contribution in [0, 0.1) is 6.92 Å². The van der Waals surface area contributed by atoms with Gasteiger partial charge in [-0.25, -0.2) is 13.1 Å². The van der Waals surface area contributed by atoms with Gasteiger partial charge in [0, 0.05) is 13.1 Å². The van der Waals surface area contributed by atoms with Gasteiger partial charge in [0.05, 0.1) is 11.4 Å². The van der Waals surface area contributed by atoms with Gasteiger partial charge in [0.25, 0.3) is 5.91 Å². The lowest BCUT2D eigenvalue weighted by Crippen LogP contribution is -2.42. The first-order valence-electron chi connectivity index (χ1n) is 9.00. The number of ether oxygens (including phenoxy) is 1. The quantitative estimate of drug-likeness (QED) is 0.578. The molecular weight excluding hydrogens is 386 g/mol. The average Bonchev–Trinajstić information content (AvgIpc) is 3.19. The number of carbonyl (C=O) groups is 3. The zero-order chi connectivity index (χ0) is 20.7. The Kier molecular flexibility index (Phi) is 7.53. The Morgan fingerprint density at radius 1 is 1.11 bits per heavy atom. The average molecular weight is 411 g/mol. The largest absolute Gasteiger partial charge is 0.451 e. The first-order chi connectivity index (χ1) is 13.2. The molecule has 1 heterocycles. The van der Waals surface area contributed by atoms with Crippen LogP contribution in [-0.2, 0) is 29.1 Å². The molecule has 1 saturated heterocycles. The fraction of sp³-hybridized carbons (Fsp3) is 0.500. The molecule has 0 unspecified atom stereocenters. The van der Waals surface area contributed by atoms with E-state index in [1.54, 1.807) is 17.0 Å². The van der Waals surface area contributed by atoms with Crippen molar-refractivity contribution < 1.29 is 27.5 Å². The van der Waals surface area contributed by atoms with Crippen LogP contribution in [0.2, 0.25) is 0 Å². The molecule has 0 spiro atoms. The number of amides is 2. The molecule has 154 valence electrons. The predicted octanol–water partition coefficient (Wildman–Crippen LogP) is -0.0564. The van der Waals surface area contributed by atoms with Crippen molar-refractivity contribution in [3.8, 4) is 0 Å². The molecule has 0 radical (unpaired) electrons. The Morgan fingerprint density at radius 2 is 1.71 bits per heavy atom. The maximum atomic E-state index is 12.1. The third-order valence-electron chi connectivity index (χ3n) is 4.26. The minimum atomic E-state index is -3.83. The number of benzene rings is 1. The second-order valence-electron chi connectivity index (χ2n) is 6.58. The van der Waals surface area contributed by atoms with Crippen LogP contribution in [0.5, 0.6) is 0 Å². The maximum Gasteiger partial charge on any atom is 0.326 e. The Balaban J connectivity index is 1.73. The fourth-order valence-corrected chi connectivity index (χ4v) is 3.66. The van der Waals surface area contributed by atoms with E-state index in [0.29, 0.717) is 13.1 Å². The number of sulfonamides is 1. The molecule has 28 heavy (non-hydrogen) atoms. The van der Waals surface area contributed by atoms with Gasteiger partial charge in [0.15, 0.2) is 6.10 Å². The summed E-state index contributed by atoms with van der Waals surface area (Å²) in [6.07, 6.45) is 0.935. The number of esters is 1. The van der Waals surface area contributed by atoms with Crippen molar-refractivity contribution in [3.05, 3.63) is 29.8 Å². The number of nitrogens with zero attached hydrogens (tertiary/aromatic N) is 1. The number of aryl methyl sites for hydroxylation is 1. The van der Waals surface area contributed by atoms with E-state index in [4.69, 9.17) is 4.74 Å². The number of nitrogens with one attached hydrogen (secondary N) is 2. The molecule has 2 rings (SSSR count). The molecule has 2 N–H and O–H groups in total. The highest BCUT2D eigenvalue weighted by molar-refractivity contribution is 7.89. The summed E-state index contributed by atoms with van der Waals surface area (Å²) < 4.78 is 31.4. The summed E-state index contributed by atoms with van der Waals surface area (Å²) in [6, 6.07) is 6.17. The second-order valence-corrected chi connectivity index (χ2v) is 8.35. The maximum absolute atomic E-state index is 12.1. The zero-order valence-corrected chi connectivity index (χ0v) is 16.8. The molecule has 0 aromatic heterocycles. The van der Waals surface area contributed by atoms with Crippen molar-refractivity contribution in [2.75, 3.05) is 26.2 Å². The number of rotatable bonds is 8. The van der Waals surface area contributed by atoms with Crippen LogP contribution < -0.4 is 10.0 Å². The van der Waals surface area contributed by atoms with Crippen LogP contribution in [0.1, 0.15) is 25.3 Å². The Bertz CT molecular complexity index is 816. The van der Waals surface area contributed by atoms with Crippen molar-refractivity contribution in [3.63, 3.8) is 0 Å². The van der Waals surface area contributed by atoms with Crippen molar-refractivity contribution in [1.82, 2.24) is 14.9 Å². The zero-order valence-electron chi connectivity index (χ0n) is 15.9. The third-order valence-corrected chi connectivity index (χ3v) is 5.67. The van der Waals surface area contributed by atoms with E-state index in [-0.39, 0.29) is 10.8 Å². The molecule has 1 aromatic rings. The number of carbonyl (C=O) groups excluding carboxylic acids is 3. The molecule has 0 saturated carbocycles. The molecule has 1 aromatic carbocycles. The monoisotopic (exact) mass is 411 g/mol. The van der Waals surface area contributed by atoms with Gasteiger partial charge >= 0.3 is 5.97 Å². The van der Waals surface area contributed by atoms with Gasteiger partial charge in [0.2, 0.25) is 15.9 Å². The molecule has 0 aliphatic carbocycles. The smallest absolute Gasteiger partial charge is 0.326 e. The Hall–Kier alpha value is -2.46. The highest BCUT2D eigenvalue weighted by Gasteiger charge is 2.26. The minimum Gasteiger partial charge on any atom is -0.451 e. The van der Waals surface area contributed by atoms with Crippen molar-refractivity contribution in [2.24, 2.45) is 0 Å². The van der Waals surface area contributed by atoms with Crippen LogP contribution in [-0.4, -0.2) is 63.4 Å². The normalized spacial score (nSPS) is 15.1. The van der Waals surface area contributed by atoms with Crippen LogP contribution >= 0.6 is 0 Å². The number of likely N-dealkylation sites (tertiary alicyclic amines) is 1. The first-order valence-corrected chi connectivity index (χ1v) is 10.5. The van der Waals surface area contributed by atoms with E-state index in [9.17, 15) is 22.8 Å². The molecule has 1 atom stereocenters. The highest BCUT2D eigenvalue weighted by Crippen LogP contribution is 2.11. The van der Waals surface area contributed by atoms with Crippen molar-refractivity contribution in [2.45, 2.75) is 37.7 Å². The summed E-state index contributed by atoms with van der Waals surface area (Å²) in [5, 5.41) is 2.26. The van der Waals surface area contributed by atoms with Gasteiger partial charge in [0.1, 0.15) is 6.54 Å². The molecule has 9 nitrogen and oxygen atoms in total. The number of hydrogen-bond donors (Lipinski definition) is 2. The highest BCUT2D eigenvalue weighted by atomic mass is 32.2. The van der Waals surface area contributed by atoms with Crippen LogP contribution in [0.25, 0.3) is 0 Å². The van der Waals surface area contributed by atoms with Crippen molar-refractivity contribution in [1.29, 1.82) is 0 Å². The van der Waals surface area contributed by atoms with Gasteiger partial charge in [-0.1, -0.05) is 17.7 Å². The van der Waals surface area contributed by atoms with E-state index in [2.05, 4.69) is 10.0 Å². The molecule has 1 aliphatic rings. The van der Waals surface area contributed by atoms with Crippen LogP contribution in [0.15, 0.2) is 29.2 Å².